The third-order valence-electron chi connectivity index (χ3n) is 3.35. The van der Waals surface area contributed by atoms with E-state index in [2.05, 4.69) is 0 Å². The quantitative estimate of drug-likeness (QED) is 0.611. The summed E-state index contributed by atoms with van der Waals surface area (Å²) in [6.07, 6.45) is 0.487. The maximum Gasteiger partial charge on any atom is 0.211 e. The molecular weight excluding hydrogens is 234 g/mol. The molecule has 0 aliphatic carbocycles. The normalized spacial score (nSPS) is 26.3. The molecule has 1 aliphatic heterocycles. The van der Waals surface area contributed by atoms with Crippen molar-refractivity contribution in [3.05, 3.63) is 39.4 Å². The van der Waals surface area contributed by atoms with Crippen LogP contribution in [0.5, 0.6) is 5.75 Å². The van der Waals surface area contributed by atoms with Crippen molar-refractivity contribution in [2.75, 3.05) is 13.7 Å². The van der Waals surface area contributed by atoms with Crippen LogP contribution in [0.2, 0.25) is 0 Å². The molecule has 2 atom stereocenters. The fraction of sp³-hybridized carbons (Fsp3) is 0.538. The molecule has 0 radical (unpaired) electrons. The van der Waals surface area contributed by atoms with Crippen molar-refractivity contribution in [2.45, 2.75) is 32.0 Å². The Bertz CT molecular complexity index is 474. The van der Waals surface area contributed by atoms with Crippen LogP contribution in [0.15, 0.2) is 18.2 Å². The van der Waals surface area contributed by atoms with E-state index in [1.807, 2.05) is 32.0 Å². The summed E-state index contributed by atoms with van der Waals surface area (Å²) in [6.45, 7) is 3.68. The van der Waals surface area contributed by atoms with E-state index in [0.29, 0.717) is 12.2 Å². The molecule has 0 saturated carbocycles. The molecule has 0 aromatic heterocycles. The van der Waals surface area contributed by atoms with Crippen LogP contribution in [0.4, 0.5) is 0 Å². The molecule has 0 bridgehead atoms. The molecule has 18 heavy (non-hydrogen) atoms. The first kappa shape index (κ1) is 12.8. The first-order chi connectivity index (χ1) is 8.43. The molecule has 1 heterocycles. The molecule has 98 valence electrons. The van der Waals surface area contributed by atoms with Crippen molar-refractivity contribution in [3.63, 3.8) is 0 Å². The second kappa shape index (κ2) is 4.57. The van der Waals surface area contributed by atoms with Crippen LogP contribution in [-0.2, 0) is 4.74 Å². The Balaban J connectivity index is 2.40. The number of hydrogen-bond donors (Lipinski definition) is 0. The summed E-state index contributed by atoms with van der Waals surface area (Å²) in [5.74, 6) is -0.278. The number of rotatable bonds is 3. The third-order valence-corrected chi connectivity index (χ3v) is 3.35. The standard InChI is InChI=1S/C13H17NO4/c1-9-4-5-12-11(6-9)10(8-14(15)16)7-13(2,17-3)18-12/h4-6,10H,7-8H2,1-3H3/t10-,13-/m1/s1. The number of ether oxygens (including phenoxy) is 2. The van der Waals surface area contributed by atoms with Crippen LogP contribution < -0.4 is 4.74 Å². The van der Waals surface area contributed by atoms with Crippen LogP contribution in [-0.4, -0.2) is 24.4 Å². The van der Waals surface area contributed by atoms with Gasteiger partial charge >= 0.3 is 0 Å². The van der Waals surface area contributed by atoms with Crippen molar-refractivity contribution in [1.82, 2.24) is 0 Å². The molecule has 0 fully saturated rings. The largest absolute Gasteiger partial charge is 0.462 e. The highest BCUT2D eigenvalue weighted by Crippen LogP contribution is 2.41. The van der Waals surface area contributed by atoms with Crippen LogP contribution in [0, 0.1) is 17.0 Å². The zero-order valence-corrected chi connectivity index (χ0v) is 10.8. The van der Waals surface area contributed by atoms with Crippen molar-refractivity contribution in [1.29, 1.82) is 0 Å². The maximum atomic E-state index is 10.8. The number of aryl methyl sites for hydroxylation is 1. The first-order valence-corrected chi connectivity index (χ1v) is 5.90. The molecule has 0 unspecified atom stereocenters. The molecule has 0 N–H and O–H groups in total. The second-order valence-electron chi connectivity index (χ2n) is 4.90. The molecule has 0 amide bonds. The summed E-state index contributed by atoms with van der Waals surface area (Å²) in [4.78, 5) is 10.5. The van der Waals surface area contributed by atoms with Gasteiger partial charge in [-0.3, -0.25) is 10.1 Å². The zero-order chi connectivity index (χ0) is 13.3. The third kappa shape index (κ3) is 2.46. The minimum absolute atomic E-state index is 0.0984. The number of methoxy groups -OCH3 is 1. The SMILES string of the molecule is CO[C@@]1(C)C[C@H](C[N+](=O)[O-])c2cc(C)ccc2O1. The average Bonchev–Trinajstić information content (AvgIpc) is 2.29. The van der Waals surface area contributed by atoms with Gasteiger partial charge in [0.1, 0.15) is 5.75 Å². The summed E-state index contributed by atoms with van der Waals surface area (Å²) in [5, 5.41) is 10.8. The first-order valence-electron chi connectivity index (χ1n) is 5.90. The van der Waals surface area contributed by atoms with E-state index in [-0.39, 0.29) is 17.4 Å². The fourth-order valence-corrected chi connectivity index (χ4v) is 2.38. The summed E-state index contributed by atoms with van der Waals surface area (Å²) in [7, 11) is 1.56. The molecular formula is C13H17NO4. The van der Waals surface area contributed by atoms with Gasteiger partial charge in [-0.2, -0.15) is 0 Å². The summed E-state index contributed by atoms with van der Waals surface area (Å²) in [5.41, 5.74) is 1.98. The van der Waals surface area contributed by atoms with E-state index in [0.717, 1.165) is 11.1 Å². The van der Waals surface area contributed by atoms with Crippen LogP contribution in [0.25, 0.3) is 0 Å². The second-order valence-corrected chi connectivity index (χ2v) is 4.90. The van der Waals surface area contributed by atoms with E-state index >= 15 is 0 Å². The van der Waals surface area contributed by atoms with Crippen molar-refractivity contribution in [3.8, 4) is 5.75 Å². The number of fused-ring (bicyclic) bond motifs is 1. The fourth-order valence-electron chi connectivity index (χ4n) is 2.38. The summed E-state index contributed by atoms with van der Waals surface area (Å²) < 4.78 is 11.1. The molecule has 0 saturated heterocycles. The van der Waals surface area contributed by atoms with Gasteiger partial charge in [0.05, 0.1) is 5.92 Å². The lowest BCUT2D eigenvalue weighted by Gasteiger charge is -2.37. The lowest BCUT2D eigenvalue weighted by atomic mass is 9.87. The number of nitro groups is 1. The van der Waals surface area contributed by atoms with Gasteiger partial charge in [0.25, 0.3) is 0 Å². The van der Waals surface area contributed by atoms with Gasteiger partial charge in [0.2, 0.25) is 12.3 Å². The molecule has 5 nitrogen and oxygen atoms in total. The Hall–Kier alpha value is -1.62. The van der Waals surface area contributed by atoms with Gasteiger partial charge in [-0.25, -0.2) is 0 Å². The lowest BCUT2D eigenvalue weighted by molar-refractivity contribution is -0.485. The Morgan fingerprint density at radius 3 is 2.94 bits per heavy atom. The summed E-state index contributed by atoms with van der Waals surface area (Å²) >= 11 is 0. The van der Waals surface area contributed by atoms with Gasteiger partial charge in [-0.05, 0) is 13.0 Å². The minimum atomic E-state index is -0.789. The summed E-state index contributed by atoms with van der Waals surface area (Å²) in [6, 6.07) is 5.75. The maximum absolute atomic E-state index is 10.8. The highest BCUT2D eigenvalue weighted by Gasteiger charge is 2.39. The van der Waals surface area contributed by atoms with Crippen LogP contribution in [0.1, 0.15) is 30.4 Å². The monoisotopic (exact) mass is 251 g/mol. The molecule has 1 aromatic carbocycles. The molecule has 1 aromatic rings. The smallest absolute Gasteiger partial charge is 0.211 e. The Kier molecular flexibility index (Phi) is 3.26. The highest BCUT2D eigenvalue weighted by molar-refractivity contribution is 5.41. The molecule has 1 aliphatic rings. The Morgan fingerprint density at radius 1 is 1.61 bits per heavy atom. The number of hydrogen-bond acceptors (Lipinski definition) is 4. The number of nitrogens with zero attached hydrogens (tertiary/aromatic N) is 1. The van der Waals surface area contributed by atoms with Crippen molar-refractivity contribution >= 4 is 0 Å². The van der Waals surface area contributed by atoms with E-state index in [4.69, 9.17) is 9.47 Å². The van der Waals surface area contributed by atoms with Gasteiger partial charge < -0.3 is 9.47 Å². The zero-order valence-electron chi connectivity index (χ0n) is 10.8. The number of benzene rings is 1. The van der Waals surface area contributed by atoms with Crippen LogP contribution >= 0.6 is 0 Å². The van der Waals surface area contributed by atoms with Crippen molar-refractivity contribution in [2.24, 2.45) is 0 Å². The highest BCUT2D eigenvalue weighted by atomic mass is 16.7. The van der Waals surface area contributed by atoms with Gasteiger partial charge in [-0.1, -0.05) is 17.7 Å². The van der Waals surface area contributed by atoms with E-state index in [1.165, 1.54) is 0 Å². The van der Waals surface area contributed by atoms with E-state index in [9.17, 15) is 10.1 Å². The molecule has 5 heteroatoms. The van der Waals surface area contributed by atoms with Gasteiger partial charge in [0.15, 0.2) is 0 Å². The van der Waals surface area contributed by atoms with E-state index in [1.54, 1.807) is 7.11 Å². The van der Waals surface area contributed by atoms with Gasteiger partial charge in [-0.15, -0.1) is 0 Å². The Labute approximate surface area is 106 Å². The average molecular weight is 251 g/mol. The molecule has 0 spiro atoms. The predicted molar refractivity (Wildman–Crippen MR) is 66.4 cm³/mol. The van der Waals surface area contributed by atoms with Gasteiger partial charge in [0, 0.05) is 30.9 Å². The predicted octanol–water partition coefficient (Wildman–Crippen LogP) is 2.50. The Morgan fingerprint density at radius 2 is 2.33 bits per heavy atom. The minimum Gasteiger partial charge on any atom is -0.462 e. The van der Waals surface area contributed by atoms with Crippen molar-refractivity contribution < 1.29 is 14.4 Å². The topological polar surface area (TPSA) is 61.6 Å². The van der Waals surface area contributed by atoms with E-state index < -0.39 is 5.79 Å². The molecule has 2 rings (SSSR count). The van der Waals surface area contributed by atoms with Crippen LogP contribution in [0.3, 0.4) is 0 Å². The lowest BCUT2D eigenvalue weighted by Crippen LogP contribution is -2.41.